The molecular formula is C17H22FNO4. The molecule has 2 rings (SSSR count). The average molecular weight is 323 g/mol. The van der Waals surface area contributed by atoms with Crippen molar-refractivity contribution in [3.63, 3.8) is 0 Å². The fourth-order valence-corrected chi connectivity index (χ4v) is 2.58. The van der Waals surface area contributed by atoms with Crippen molar-refractivity contribution in [2.75, 3.05) is 26.4 Å². The Morgan fingerprint density at radius 1 is 1.17 bits per heavy atom. The number of halogens is 1. The van der Waals surface area contributed by atoms with Gasteiger partial charge in [-0.15, -0.1) is 0 Å². The second-order valence-electron chi connectivity index (χ2n) is 5.98. The number of carbonyl (C=O) groups excluding carboxylic acids is 2. The summed E-state index contributed by atoms with van der Waals surface area (Å²) in [5, 5.41) is 12.3. The summed E-state index contributed by atoms with van der Waals surface area (Å²) < 4.78 is 18.1. The number of nitrogens with one attached hydrogen (secondary N) is 1. The molecule has 1 aliphatic rings. The number of rotatable bonds is 7. The summed E-state index contributed by atoms with van der Waals surface area (Å²) in [5.74, 6) is -0.812. The minimum Gasteiger partial charge on any atom is -0.396 e. The molecule has 126 valence electrons. The van der Waals surface area contributed by atoms with E-state index in [0.717, 1.165) is 0 Å². The van der Waals surface area contributed by atoms with Gasteiger partial charge in [0.25, 0.3) is 0 Å². The van der Waals surface area contributed by atoms with Gasteiger partial charge in [0.15, 0.2) is 5.78 Å². The van der Waals surface area contributed by atoms with Crippen molar-refractivity contribution >= 4 is 11.7 Å². The molecule has 5 nitrogen and oxygen atoms in total. The van der Waals surface area contributed by atoms with Crippen LogP contribution in [0.15, 0.2) is 24.3 Å². The van der Waals surface area contributed by atoms with E-state index in [-0.39, 0.29) is 36.6 Å². The smallest absolute Gasteiger partial charge is 0.220 e. The molecule has 6 heteroatoms. The number of aliphatic hydroxyl groups excluding tert-OH is 1. The highest BCUT2D eigenvalue weighted by Gasteiger charge is 2.32. The molecule has 1 aromatic carbocycles. The molecule has 0 radical (unpaired) electrons. The fourth-order valence-electron chi connectivity index (χ4n) is 2.58. The summed E-state index contributed by atoms with van der Waals surface area (Å²) in [6, 6.07) is 5.28. The number of hydrogen-bond donors (Lipinski definition) is 2. The SMILES string of the molecule is O=C(CCC(=O)c1ccc(F)cc1)NCC1(CO)CCOCC1. The molecule has 0 aromatic heterocycles. The van der Waals surface area contributed by atoms with Crippen LogP contribution in [-0.4, -0.2) is 43.2 Å². The number of Topliss-reactive ketones (excluding diaryl/α,β-unsaturated/α-hetero) is 1. The number of amides is 1. The number of ether oxygens (including phenoxy) is 1. The lowest BCUT2D eigenvalue weighted by molar-refractivity contribution is -0.122. The van der Waals surface area contributed by atoms with E-state index in [9.17, 15) is 19.1 Å². The Bertz CT molecular complexity index is 538. The number of ketones is 1. The van der Waals surface area contributed by atoms with E-state index < -0.39 is 5.82 Å². The molecule has 1 saturated heterocycles. The molecule has 2 N–H and O–H groups in total. The molecular weight excluding hydrogens is 301 g/mol. The van der Waals surface area contributed by atoms with Crippen LogP contribution in [0.1, 0.15) is 36.0 Å². The first-order chi connectivity index (χ1) is 11.0. The van der Waals surface area contributed by atoms with Gasteiger partial charge < -0.3 is 15.2 Å². The molecule has 0 unspecified atom stereocenters. The van der Waals surface area contributed by atoms with Crippen molar-refractivity contribution in [3.8, 4) is 0 Å². The number of benzene rings is 1. The van der Waals surface area contributed by atoms with Crippen molar-refractivity contribution in [3.05, 3.63) is 35.6 Å². The second kappa shape index (κ2) is 8.17. The molecule has 1 aromatic rings. The highest BCUT2D eigenvalue weighted by Crippen LogP contribution is 2.28. The van der Waals surface area contributed by atoms with Gasteiger partial charge in [0.1, 0.15) is 5.82 Å². The van der Waals surface area contributed by atoms with Crippen molar-refractivity contribution in [1.29, 1.82) is 0 Å². The Balaban J connectivity index is 1.76. The highest BCUT2D eigenvalue weighted by molar-refractivity contribution is 5.97. The molecule has 0 bridgehead atoms. The van der Waals surface area contributed by atoms with Crippen LogP contribution in [0.3, 0.4) is 0 Å². The van der Waals surface area contributed by atoms with Gasteiger partial charge in [0.2, 0.25) is 5.91 Å². The van der Waals surface area contributed by atoms with E-state index in [1.807, 2.05) is 0 Å². The Morgan fingerprint density at radius 3 is 2.43 bits per heavy atom. The van der Waals surface area contributed by atoms with Gasteiger partial charge >= 0.3 is 0 Å². The van der Waals surface area contributed by atoms with Crippen LogP contribution in [0.2, 0.25) is 0 Å². The van der Waals surface area contributed by atoms with Gasteiger partial charge in [-0.05, 0) is 37.1 Å². The van der Waals surface area contributed by atoms with Gasteiger partial charge in [0.05, 0.1) is 6.61 Å². The van der Waals surface area contributed by atoms with E-state index in [1.54, 1.807) is 0 Å². The van der Waals surface area contributed by atoms with Crippen molar-refractivity contribution in [2.24, 2.45) is 5.41 Å². The molecule has 1 fully saturated rings. The third kappa shape index (κ3) is 5.11. The van der Waals surface area contributed by atoms with Crippen LogP contribution < -0.4 is 5.32 Å². The standard InChI is InChI=1S/C17H22FNO4/c18-14-3-1-13(2-4-14)15(21)5-6-16(22)19-11-17(12-20)7-9-23-10-8-17/h1-4,20H,5-12H2,(H,19,22). The highest BCUT2D eigenvalue weighted by atomic mass is 19.1. The van der Waals surface area contributed by atoms with E-state index in [4.69, 9.17) is 4.74 Å². The first-order valence-corrected chi connectivity index (χ1v) is 7.79. The summed E-state index contributed by atoms with van der Waals surface area (Å²) in [6.07, 6.45) is 1.57. The maximum absolute atomic E-state index is 12.8. The molecule has 0 saturated carbocycles. The monoisotopic (exact) mass is 323 g/mol. The second-order valence-corrected chi connectivity index (χ2v) is 5.98. The van der Waals surface area contributed by atoms with Crippen LogP contribution >= 0.6 is 0 Å². The lowest BCUT2D eigenvalue weighted by Gasteiger charge is -2.35. The normalized spacial score (nSPS) is 16.8. The minimum absolute atomic E-state index is 0.00511. The van der Waals surface area contributed by atoms with Gasteiger partial charge in [-0.2, -0.15) is 0 Å². The Kier molecular flexibility index (Phi) is 6.24. The van der Waals surface area contributed by atoms with Gasteiger partial charge in [-0.1, -0.05) is 0 Å². The topological polar surface area (TPSA) is 75.6 Å². The van der Waals surface area contributed by atoms with E-state index in [1.165, 1.54) is 24.3 Å². The number of aliphatic hydroxyl groups is 1. The first kappa shape index (κ1) is 17.6. The quantitative estimate of drug-likeness (QED) is 0.749. The molecule has 0 atom stereocenters. The summed E-state index contributed by atoms with van der Waals surface area (Å²) in [4.78, 5) is 23.8. The Morgan fingerprint density at radius 2 is 1.83 bits per heavy atom. The fraction of sp³-hybridized carbons (Fsp3) is 0.529. The third-order valence-electron chi connectivity index (χ3n) is 4.29. The average Bonchev–Trinajstić information content (AvgIpc) is 2.59. The van der Waals surface area contributed by atoms with Crippen LogP contribution in [0.25, 0.3) is 0 Å². The summed E-state index contributed by atoms with van der Waals surface area (Å²) in [7, 11) is 0. The van der Waals surface area contributed by atoms with Gasteiger partial charge in [-0.25, -0.2) is 4.39 Å². The van der Waals surface area contributed by atoms with Crippen LogP contribution in [0.5, 0.6) is 0 Å². The molecule has 0 aliphatic carbocycles. The largest absolute Gasteiger partial charge is 0.396 e. The maximum Gasteiger partial charge on any atom is 0.220 e. The number of hydrogen-bond acceptors (Lipinski definition) is 4. The van der Waals surface area contributed by atoms with Gasteiger partial charge in [-0.3, -0.25) is 9.59 Å². The van der Waals surface area contributed by atoms with Gasteiger partial charge in [0, 0.05) is 43.6 Å². The summed E-state index contributed by atoms with van der Waals surface area (Å²) >= 11 is 0. The van der Waals surface area contributed by atoms with Crippen LogP contribution in [0, 0.1) is 11.2 Å². The minimum atomic E-state index is -0.398. The molecule has 23 heavy (non-hydrogen) atoms. The molecule has 1 heterocycles. The maximum atomic E-state index is 12.8. The Hall–Kier alpha value is -1.79. The molecule has 1 amide bonds. The zero-order chi connectivity index (χ0) is 16.7. The first-order valence-electron chi connectivity index (χ1n) is 7.79. The summed E-state index contributed by atoms with van der Waals surface area (Å²) in [5.41, 5.74) is 0.0740. The van der Waals surface area contributed by atoms with Crippen molar-refractivity contribution < 1.29 is 23.8 Å². The third-order valence-corrected chi connectivity index (χ3v) is 4.29. The van der Waals surface area contributed by atoms with E-state index >= 15 is 0 Å². The zero-order valence-corrected chi connectivity index (χ0v) is 13.0. The number of carbonyl (C=O) groups is 2. The van der Waals surface area contributed by atoms with Crippen LogP contribution in [0.4, 0.5) is 4.39 Å². The van der Waals surface area contributed by atoms with E-state index in [0.29, 0.717) is 38.2 Å². The lowest BCUT2D eigenvalue weighted by atomic mass is 9.81. The predicted octanol–water partition coefficient (Wildman–Crippen LogP) is 1.69. The van der Waals surface area contributed by atoms with Crippen molar-refractivity contribution in [1.82, 2.24) is 5.32 Å². The summed E-state index contributed by atoms with van der Waals surface area (Å²) in [6.45, 7) is 1.56. The van der Waals surface area contributed by atoms with E-state index in [2.05, 4.69) is 5.32 Å². The van der Waals surface area contributed by atoms with Crippen LogP contribution in [-0.2, 0) is 9.53 Å². The lowest BCUT2D eigenvalue weighted by Crippen LogP contribution is -2.43. The van der Waals surface area contributed by atoms with Crippen molar-refractivity contribution in [2.45, 2.75) is 25.7 Å². The predicted molar refractivity (Wildman–Crippen MR) is 82.5 cm³/mol. The zero-order valence-electron chi connectivity index (χ0n) is 13.0. The molecule has 1 aliphatic heterocycles. The Labute approximate surface area is 134 Å². The molecule has 0 spiro atoms.